The molecule has 4 nitrogen and oxygen atoms in total. The van der Waals surface area contributed by atoms with Crippen LogP contribution in [0.2, 0.25) is 5.02 Å². The third-order valence-electron chi connectivity index (χ3n) is 3.97. The molecule has 0 aliphatic rings. The van der Waals surface area contributed by atoms with Crippen LogP contribution in [0, 0.1) is 11.3 Å². The fourth-order valence-corrected chi connectivity index (χ4v) is 3.81. The van der Waals surface area contributed by atoms with Crippen molar-refractivity contribution in [2.75, 3.05) is 0 Å². The van der Waals surface area contributed by atoms with Crippen molar-refractivity contribution in [2.45, 2.75) is 11.5 Å². The van der Waals surface area contributed by atoms with Crippen molar-refractivity contribution in [3.05, 3.63) is 99.9 Å². The lowest BCUT2D eigenvalue weighted by Gasteiger charge is -2.10. The lowest BCUT2D eigenvalue weighted by molar-refractivity contribution is 0.305. The second kappa shape index (κ2) is 8.75. The van der Waals surface area contributed by atoms with Crippen molar-refractivity contribution in [1.82, 2.24) is 0 Å². The van der Waals surface area contributed by atoms with E-state index in [0.717, 1.165) is 5.56 Å². The SMILES string of the molecule is N#C/C(=C/c1ccccc1OCc1ccc(Cl)cc1)S(=O)(=O)c1ccccc1. The molecule has 0 aliphatic carbocycles. The number of nitriles is 1. The van der Waals surface area contributed by atoms with Crippen LogP contribution in [0.5, 0.6) is 5.75 Å². The predicted octanol–water partition coefficient (Wildman–Crippen LogP) is 5.26. The van der Waals surface area contributed by atoms with Gasteiger partial charge in [-0.25, -0.2) is 8.42 Å². The van der Waals surface area contributed by atoms with Gasteiger partial charge < -0.3 is 4.74 Å². The van der Waals surface area contributed by atoms with Gasteiger partial charge in [-0.2, -0.15) is 5.26 Å². The van der Waals surface area contributed by atoms with Crippen molar-refractivity contribution >= 4 is 27.5 Å². The molecule has 3 aromatic carbocycles. The topological polar surface area (TPSA) is 67.2 Å². The van der Waals surface area contributed by atoms with E-state index in [1.54, 1.807) is 60.7 Å². The monoisotopic (exact) mass is 409 g/mol. The van der Waals surface area contributed by atoms with E-state index < -0.39 is 9.84 Å². The maximum Gasteiger partial charge on any atom is 0.216 e. The molecule has 0 saturated heterocycles. The van der Waals surface area contributed by atoms with Gasteiger partial charge in [-0.15, -0.1) is 0 Å². The van der Waals surface area contributed by atoms with E-state index >= 15 is 0 Å². The number of halogens is 1. The first-order valence-corrected chi connectivity index (χ1v) is 10.2. The minimum Gasteiger partial charge on any atom is -0.488 e. The maximum atomic E-state index is 12.7. The zero-order valence-corrected chi connectivity index (χ0v) is 16.3. The van der Waals surface area contributed by atoms with Crippen molar-refractivity contribution in [3.8, 4) is 11.8 Å². The number of nitrogens with zero attached hydrogens (tertiary/aromatic N) is 1. The van der Waals surface area contributed by atoms with Crippen LogP contribution in [0.1, 0.15) is 11.1 Å². The average molecular weight is 410 g/mol. The molecule has 0 aliphatic heterocycles. The first-order chi connectivity index (χ1) is 13.5. The summed E-state index contributed by atoms with van der Waals surface area (Å²) >= 11 is 5.88. The number of para-hydroxylation sites is 1. The molecule has 0 fully saturated rings. The number of ether oxygens (including phenoxy) is 1. The minimum atomic E-state index is -3.91. The molecule has 3 rings (SSSR count). The molecule has 0 amide bonds. The highest BCUT2D eigenvalue weighted by Gasteiger charge is 2.21. The molecule has 140 valence electrons. The number of hydrogen-bond acceptors (Lipinski definition) is 4. The van der Waals surface area contributed by atoms with Gasteiger partial charge in [0.2, 0.25) is 9.84 Å². The van der Waals surface area contributed by atoms with Crippen LogP contribution in [-0.2, 0) is 16.4 Å². The molecule has 0 heterocycles. The number of sulfone groups is 1. The summed E-state index contributed by atoms with van der Waals surface area (Å²) < 4.78 is 31.3. The van der Waals surface area contributed by atoms with Crippen LogP contribution >= 0.6 is 11.6 Å². The summed E-state index contributed by atoms with van der Waals surface area (Å²) in [6.07, 6.45) is 1.33. The van der Waals surface area contributed by atoms with Gasteiger partial charge in [0.05, 0.1) is 4.90 Å². The summed E-state index contributed by atoms with van der Waals surface area (Å²) in [5, 5.41) is 10.1. The highest BCUT2D eigenvalue weighted by atomic mass is 35.5. The van der Waals surface area contributed by atoms with Gasteiger partial charge in [-0.1, -0.05) is 60.1 Å². The molecular weight excluding hydrogens is 394 g/mol. The highest BCUT2D eigenvalue weighted by molar-refractivity contribution is 7.95. The summed E-state index contributed by atoms with van der Waals surface area (Å²) in [5.74, 6) is 0.480. The molecule has 0 unspecified atom stereocenters. The Kier molecular flexibility index (Phi) is 6.15. The zero-order valence-electron chi connectivity index (χ0n) is 14.7. The van der Waals surface area contributed by atoms with Gasteiger partial charge in [0.25, 0.3) is 0 Å². The Morgan fingerprint density at radius 1 is 0.964 bits per heavy atom. The second-order valence-corrected chi connectivity index (χ2v) is 8.24. The Hall–Kier alpha value is -3.07. The Balaban J connectivity index is 1.90. The summed E-state index contributed by atoms with van der Waals surface area (Å²) in [5.41, 5.74) is 1.42. The van der Waals surface area contributed by atoms with Crippen molar-refractivity contribution in [1.29, 1.82) is 5.26 Å². The van der Waals surface area contributed by atoms with Crippen LogP contribution in [0.4, 0.5) is 0 Å². The number of hydrogen-bond donors (Lipinski definition) is 0. The zero-order chi connectivity index (χ0) is 20.0. The Labute approximate surface area is 169 Å². The summed E-state index contributed by atoms with van der Waals surface area (Å²) in [7, 11) is -3.91. The number of benzene rings is 3. The molecule has 0 spiro atoms. The van der Waals surface area contributed by atoms with Crippen LogP contribution in [0.3, 0.4) is 0 Å². The molecule has 0 saturated carbocycles. The standard InChI is InChI=1S/C22H16ClNO3S/c23-19-12-10-17(11-13-19)16-27-22-9-5-4-6-18(22)14-21(15-24)28(25,26)20-7-2-1-3-8-20/h1-14H,16H2/b21-14-. The Bertz CT molecular complexity index is 1130. The van der Waals surface area contributed by atoms with Gasteiger partial charge in [0, 0.05) is 10.6 Å². The fraction of sp³-hybridized carbons (Fsp3) is 0.0455. The molecule has 0 radical (unpaired) electrons. The molecule has 0 N–H and O–H groups in total. The smallest absolute Gasteiger partial charge is 0.216 e. The molecule has 0 atom stereocenters. The van der Waals surface area contributed by atoms with Gasteiger partial charge in [0.1, 0.15) is 23.3 Å². The lowest BCUT2D eigenvalue weighted by atomic mass is 10.2. The van der Waals surface area contributed by atoms with E-state index in [2.05, 4.69) is 0 Å². The van der Waals surface area contributed by atoms with Crippen LogP contribution < -0.4 is 4.74 Å². The molecule has 28 heavy (non-hydrogen) atoms. The molecule has 0 aromatic heterocycles. The molecule has 6 heteroatoms. The summed E-state index contributed by atoms with van der Waals surface area (Å²) in [6, 6.07) is 23.9. The van der Waals surface area contributed by atoms with E-state index in [0.29, 0.717) is 16.3 Å². The Morgan fingerprint density at radius 3 is 2.29 bits per heavy atom. The van der Waals surface area contributed by atoms with E-state index in [-0.39, 0.29) is 16.4 Å². The third-order valence-corrected chi connectivity index (χ3v) is 5.90. The van der Waals surface area contributed by atoms with E-state index in [1.807, 2.05) is 12.1 Å². The van der Waals surface area contributed by atoms with Gasteiger partial charge in [-0.3, -0.25) is 0 Å². The largest absolute Gasteiger partial charge is 0.488 e. The van der Waals surface area contributed by atoms with Gasteiger partial charge in [0.15, 0.2) is 0 Å². The molecule has 3 aromatic rings. The first kappa shape index (κ1) is 19.7. The molecule has 0 bridgehead atoms. The third kappa shape index (κ3) is 4.61. The quantitative estimate of drug-likeness (QED) is 0.521. The van der Waals surface area contributed by atoms with Crippen molar-refractivity contribution in [2.24, 2.45) is 0 Å². The summed E-state index contributed by atoms with van der Waals surface area (Å²) in [6.45, 7) is 0.287. The van der Waals surface area contributed by atoms with Gasteiger partial charge in [-0.05, 0) is 42.0 Å². The molecular formula is C22H16ClNO3S. The minimum absolute atomic E-state index is 0.0716. The van der Waals surface area contributed by atoms with Crippen LogP contribution in [-0.4, -0.2) is 8.42 Å². The van der Waals surface area contributed by atoms with Crippen LogP contribution in [0.25, 0.3) is 6.08 Å². The number of allylic oxidation sites excluding steroid dienone is 1. The maximum absolute atomic E-state index is 12.7. The predicted molar refractivity (Wildman–Crippen MR) is 109 cm³/mol. The first-order valence-electron chi connectivity index (χ1n) is 8.39. The van der Waals surface area contributed by atoms with E-state index in [9.17, 15) is 13.7 Å². The van der Waals surface area contributed by atoms with Crippen molar-refractivity contribution < 1.29 is 13.2 Å². The van der Waals surface area contributed by atoms with Crippen molar-refractivity contribution in [3.63, 3.8) is 0 Å². The fourth-order valence-electron chi connectivity index (χ4n) is 2.51. The Morgan fingerprint density at radius 2 is 1.61 bits per heavy atom. The summed E-state index contributed by atoms with van der Waals surface area (Å²) in [4.78, 5) is -0.274. The van der Waals surface area contributed by atoms with E-state index in [1.165, 1.54) is 18.2 Å². The van der Waals surface area contributed by atoms with Crippen LogP contribution in [0.15, 0.2) is 88.7 Å². The number of rotatable bonds is 6. The highest BCUT2D eigenvalue weighted by Crippen LogP contribution is 2.26. The van der Waals surface area contributed by atoms with E-state index in [4.69, 9.17) is 16.3 Å². The normalized spacial score (nSPS) is 11.6. The average Bonchev–Trinajstić information content (AvgIpc) is 2.72. The van der Waals surface area contributed by atoms with Gasteiger partial charge >= 0.3 is 0 Å². The second-order valence-electron chi connectivity index (χ2n) is 5.89. The lowest BCUT2D eigenvalue weighted by Crippen LogP contribution is -2.04.